The molecular weight excluding hydrogens is 328 g/mol. The van der Waals surface area contributed by atoms with Gasteiger partial charge in [0.2, 0.25) is 5.91 Å². The smallest absolute Gasteiger partial charge is 0.254 e. The molecule has 0 saturated heterocycles. The van der Waals surface area contributed by atoms with Crippen molar-refractivity contribution in [3.8, 4) is 0 Å². The van der Waals surface area contributed by atoms with Gasteiger partial charge < -0.3 is 15.8 Å². The molecule has 5 nitrogen and oxygen atoms in total. The zero-order valence-corrected chi connectivity index (χ0v) is 14.2. The van der Waals surface area contributed by atoms with Crippen molar-refractivity contribution in [1.82, 2.24) is 5.32 Å². The monoisotopic (exact) mass is 346 g/mol. The van der Waals surface area contributed by atoms with Crippen LogP contribution in [0.25, 0.3) is 0 Å². The molecule has 2 aromatic carbocycles. The fraction of sp³-hybridized carbons (Fsp3) is 0.222. The van der Waals surface area contributed by atoms with E-state index in [2.05, 4.69) is 5.32 Å². The lowest BCUT2D eigenvalue weighted by atomic mass is 9.90. The standard InChI is InChI=1S/C18H19ClN2O3/c1-18(17(20)23,13-9-6-10-14(19)11-13)21-16(22)15(24-2)12-7-4-3-5-8-12/h3-11,15H,1-2H3,(H2,20,23)(H,21,22)/t15-,18+/m0/s1. The van der Waals surface area contributed by atoms with Crippen molar-refractivity contribution < 1.29 is 14.3 Å². The fourth-order valence-corrected chi connectivity index (χ4v) is 2.60. The molecule has 24 heavy (non-hydrogen) atoms. The van der Waals surface area contributed by atoms with Crippen molar-refractivity contribution >= 4 is 23.4 Å². The van der Waals surface area contributed by atoms with Crippen LogP contribution in [-0.2, 0) is 19.9 Å². The predicted molar refractivity (Wildman–Crippen MR) is 92.3 cm³/mol. The summed E-state index contributed by atoms with van der Waals surface area (Å²) in [5.41, 5.74) is 5.31. The van der Waals surface area contributed by atoms with Gasteiger partial charge in [-0.3, -0.25) is 9.59 Å². The molecule has 3 N–H and O–H groups in total. The van der Waals surface area contributed by atoms with Crippen molar-refractivity contribution in [3.05, 3.63) is 70.7 Å². The Bertz CT molecular complexity index is 736. The lowest BCUT2D eigenvalue weighted by Crippen LogP contribution is -2.54. The molecule has 0 aromatic heterocycles. The minimum Gasteiger partial charge on any atom is -0.367 e. The average molecular weight is 347 g/mol. The zero-order chi connectivity index (χ0) is 17.7. The number of carbonyl (C=O) groups is 2. The van der Waals surface area contributed by atoms with E-state index in [1.807, 2.05) is 6.07 Å². The predicted octanol–water partition coefficient (Wildman–Crippen LogP) is 2.54. The summed E-state index contributed by atoms with van der Waals surface area (Å²) in [5, 5.41) is 3.13. The third kappa shape index (κ3) is 3.75. The van der Waals surface area contributed by atoms with Crippen LogP contribution in [-0.4, -0.2) is 18.9 Å². The minimum absolute atomic E-state index is 0.445. The van der Waals surface area contributed by atoms with Crippen LogP contribution in [0.5, 0.6) is 0 Å². The normalized spacial score (nSPS) is 14.5. The van der Waals surface area contributed by atoms with Gasteiger partial charge in [-0.25, -0.2) is 0 Å². The number of benzene rings is 2. The van der Waals surface area contributed by atoms with Crippen molar-refractivity contribution in [2.24, 2.45) is 5.73 Å². The molecule has 0 unspecified atom stereocenters. The number of ether oxygens (including phenoxy) is 1. The minimum atomic E-state index is -1.41. The SMILES string of the molecule is CO[C@H](C(=O)N[C@@](C)(C(N)=O)c1cccc(Cl)c1)c1ccccc1. The molecule has 6 heteroatoms. The molecule has 0 saturated carbocycles. The maximum atomic E-state index is 12.7. The molecule has 2 amide bonds. The van der Waals surface area contributed by atoms with Crippen LogP contribution in [0, 0.1) is 0 Å². The summed E-state index contributed by atoms with van der Waals surface area (Å²) in [7, 11) is 1.43. The van der Waals surface area contributed by atoms with E-state index in [4.69, 9.17) is 22.1 Å². The number of carbonyl (C=O) groups excluding carboxylic acids is 2. The highest BCUT2D eigenvalue weighted by atomic mass is 35.5. The van der Waals surface area contributed by atoms with Crippen LogP contribution in [0.3, 0.4) is 0 Å². The van der Waals surface area contributed by atoms with Gasteiger partial charge in [0.15, 0.2) is 6.10 Å². The molecule has 2 rings (SSSR count). The van der Waals surface area contributed by atoms with Crippen LogP contribution in [0.4, 0.5) is 0 Å². The van der Waals surface area contributed by atoms with Crippen LogP contribution >= 0.6 is 11.6 Å². The number of hydrogen-bond donors (Lipinski definition) is 2. The van der Waals surface area contributed by atoms with Crippen molar-refractivity contribution in [3.63, 3.8) is 0 Å². The first-order valence-electron chi connectivity index (χ1n) is 7.34. The second-order valence-electron chi connectivity index (χ2n) is 5.52. The Morgan fingerprint density at radius 3 is 2.38 bits per heavy atom. The van der Waals surface area contributed by atoms with Gasteiger partial charge in [-0.15, -0.1) is 0 Å². The van der Waals surface area contributed by atoms with Gasteiger partial charge in [0.25, 0.3) is 5.91 Å². The number of hydrogen-bond acceptors (Lipinski definition) is 3. The van der Waals surface area contributed by atoms with Crippen LogP contribution in [0.2, 0.25) is 5.02 Å². The van der Waals surface area contributed by atoms with Gasteiger partial charge in [0, 0.05) is 12.1 Å². The zero-order valence-electron chi connectivity index (χ0n) is 13.5. The maximum absolute atomic E-state index is 12.7. The Hall–Kier alpha value is -2.37. The lowest BCUT2D eigenvalue weighted by molar-refractivity contribution is -0.138. The van der Waals surface area contributed by atoms with E-state index in [1.165, 1.54) is 14.0 Å². The molecule has 126 valence electrons. The number of nitrogens with one attached hydrogen (secondary N) is 1. The number of nitrogens with two attached hydrogens (primary N) is 1. The quantitative estimate of drug-likeness (QED) is 0.843. The van der Waals surface area contributed by atoms with Gasteiger partial charge in [-0.1, -0.05) is 54.1 Å². The first kappa shape index (κ1) is 18.0. The van der Waals surface area contributed by atoms with E-state index in [0.29, 0.717) is 16.1 Å². The second-order valence-corrected chi connectivity index (χ2v) is 5.95. The van der Waals surface area contributed by atoms with E-state index in [0.717, 1.165) is 0 Å². The van der Waals surface area contributed by atoms with Crippen molar-refractivity contribution in [1.29, 1.82) is 0 Å². The highest BCUT2D eigenvalue weighted by molar-refractivity contribution is 6.30. The summed E-state index contributed by atoms with van der Waals surface area (Å²) in [4.78, 5) is 24.7. The van der Waals surface area contributed by atoms with Gasteiger partial charge in [-0.05, 0) is 30.2 Å². The van der Waals surface area contributed by atoms with E-state index >= 15 is 0 Å². The number of rotatable bonds is 6. The Balaban J connectivity index is 2.33. The summed E-state index contributed by atoms with van der Waals surface area (Å²) in [6.07, 6.45) is -0.857. The van der Waals surface area contributed by atoms with Crippen molar-refractivity contribution in [2.75, 3.05) is 7.11 Å². The van der Waals surface area contributed by atoms with E-state index in [1.54, 1.807) is 48.5 Å². The van der Waals surface area contributed by atoms with Gasteiger partial charge in [-0.2, -0.15) is 0 Å². The van der Waals surface area contributed by atoms with Crippen LogP contribution in [0.15, 0.2) is 54.6 Å². The average Bonchev–Trinajstić information content (AvgIpc) is 2.56. The Kier molecular flexibility index (Phi) is 5.59. The largest absolute Gasteiger partial charge is 0.367 e. The Morgan fingerprint density at radius 1 is 1.17 bits per heavy atom. The lowest BCUT2D eigenvalue weighted by Gasteiger charge is -2.30. The molecule has 2 aromatic rings. The van der Waals surface area contributed by atoms with Crippen LogP contribution in [0.1, 0.15) is 24.2 Å². The molecule has 0 bridgehead atoms. The summed E-state index contributed by atoms with van der Waals surface area (Å²) in [6.45, 7) is 1.54. The fourth-order valence-electron chi connectivity index (χ4n) is 2.41. The molecule has 0 heterocycles. The Labute approximate surface area is 145 Å². The number of amides is 2. The number of halogens is 1. The summed E-state index contributed by atoms with van der Waals surface area (Å²) in [6, 6.07) is 15.6. The maximum Gasteiger partial charge on any atom is 0.254 e. The van der Waals surface area contributed by atoms with E-state index in [-0.39, 0.29) is 0 Å². The van der Waals surface area contributed by atoms with E-state index in [9.17, 15) is 9.59 Å². The van der Waals surface area contributed by atoms with Gasteiger partial charge in [0.1, 0.15) is 5.54 Å². The third-order valence-electron chi connectivity index (χ3n) is 3.84. The molecule has 0 aliphatic rings. The Morgan fingerprint density at radius 2 is 1.83 bits per heavy atom. The summed E-state index contributed by atoms with van der Waals surface area (Å²) < 4.78 is 5.29. The number of primary amides is 1. The van der Waals surface area contributed by atoms with Gasteiger partial charge in [0.05, 0.1) is 0 Å². The molecule has 0 radical (unpaired) electrons. The third-order valence-corrected chi connectivity index (χ3v) is 4.08. The highest BCUT2D eigenvalue weighted by Gasteiger charge is 2.37. The van der Waals surface area contributed by atoms with Crippen molar-refractivity contribution in [2.45, 2.75) is 18.6 Å². The molecular formula is C18H19ClN2O3. The molecule has 2 atom stereocenters. The van der Waals surface area contributed by atoms with Crippen LogP contribution < -0.4 is 11.1 Å². The highest BCUT2D eigenvalue weighted by Crippen LogP contribution is 2.25. The van der Waals surface area contributed by atoms with E-state index < -0.39 is 23.5 Å². The summed E-state index contributed by atoms with van der Waals surface area (Å²) >= 11 is 5.99. The van der Waals surface area contributed by atoms with Gasteiger partial charge >= 0.3 is 0 Å². The molecule has 0 aliphatic heterocycles. The second kappa shape index (κ2) is 7.47. The molecule has 0 spiro atoms. The first-order valence-corrected chi connectivity index (χ1v) is 7.72. The number of methoxy groups -OCH3 is 1. The molecule has 0 aliphatic carbocycles. The summed E-state index contributed by atoms with van der Waals surface area (Å²) in [5.74, 6) is -1.16. The molecule has 0 fully saturated rings. The first-order chi connectivity index (χ1) is 11.4. The topological polar surface area (TPSA) is 81.4 Å².